The zero-order valence-electron chi connectivity index (χ0n) is 25.0. The molecule has 0 amide bonds. The number of hydrogen-bond acceptors (Lipinski definition) is 0. The first-order chi connectivity index (χ1) is 19.6. The average molecular weight is 546 g/mol. The molecule has 5 aromatic carbocycles. The molecule has 1 heterocycles. The molecule has 0 unspecified atom stereocenters. The van der Waals surface area contributed by atoms with Crippen LogP contribution in [0.15, 0.2) is 126 Å². The summed E-state index contributed by atoms with van der Waals surface area (Å²) in [6.07, 6.45) is 5.16. The standard InChI is InChI=1S/C40H37Si/c1-38(2,3)28-21-22-35-32(23-28)37-36(41-35)24-29(39(4,5)6)25-40(37,33-19-11-15-26-13-7-9-17-30(26)33)34-20-12-16-27-14-8-10-18-31(27)34/h7-25H,1-6H3. The van der Waals surface area contributed by atoms with Crippen LogP contribution in [0.25, 0.3) is 27.1 Å². The predicted octanol–water partition coefficient (Wildman–Crippen LogP) is 9.27. The summed E-state index contributed by atoms with van der Waals surface area (Å²) in [5.74, 6) is 0. The van der Waals surface area contributed by atoms with Crippen molar-refractivity contribution in [1.29, 1.82) is 0 Å². The van der Waals surface area contributed by atoms with Crippen molar-refractivity contribution in [2.24, 2.45) is 5.41 Å². The van der Waals surface area contributed by atoms with E-state index in [1.807, 2.05) is 0 Å². The summed E-state index contributed by atoms with van der Waals surface area (Å²) in [4.78, 5) is 1.47. The van der Waals surface area contributed by atoms with E-state index in [9.17, 15) is 0 Å². The molecule has 201 valence electrons. The largest absolute Gasteiger partial charge is 0.0699 e. The van der Waals surface area contributed by atoms with E-state index < -0.39 is 5.41 Å². The van der Waals surface area contributed by atoms with E-state index in [4.69, 9.17) is 0 Å². The Morgan fingerprint density at radius 1 is 0.585 bits per heavy atom. The zero-order valence-corrected chi connectivity index (χ0v) is 26.0. The predicted molar refractivity (Wildman–Crippen MR) is 177 cm³/mol. The van der Waals surface area contributed by atoms with Gasteiger partial charge < -0.3 is 0 Å². The lowest BCUT2D eigenvalue weighted by molar-refractivity contribution is 0.509. The molecular weight excluding hydrogens is 509 g/mol. The maximum atomic E-state index is 2.64. The van der Waals surface area contributed by atoms with Crippen molar-refractivity contribution >= 4 is 36.2 Å². The molecule has 0 aromatic heterocycles. The highest BCUT2D eigenvalue weighted by Gasteiger charge is 2.44. The Kier molecular flexibility index (Phi) is 5.79. The van der Waals surface area contributed by atoms with Gasteiger partial charge in [-0.25, -0.2) is 0 Å². The maximum absolute atomic E-state index is 2.64. The summed E-state index contributed by atoms with van der Waals surface area (Å²) >= 11 is 0. The smallest absolute Gasteiger partial charge is 0.0616 e. The Bertz CT molecular complexity index is 1970. The summed E-state index contributed by atoms with van der Waals surface area (Å²) < 4.78 is 0. The van der Waals surface area contributed by atoms with Gasteiger partial charge in [0, 0.05) is 0 Å². The van der Waals surface area contributed by atoms with E-state index in [2.05, 4.69) is 157 Å². The van der Waals surface area contributed by atoms with Crippen molar-refractivity contribution in [3.05, 3.63) is 153 Å². The second kappa shape index (κ2) is 9.09. The topological polar surface area (TPSA) is 0 Å². The monoisotopic (exact) mass is 545 g/mol. The lowest BCUT2D eigenvalue weighted by atomic mass is 9.61. The molecule has 1 aliphatic carbocycles. The molecule has 5 aromatic rings. The van der Waals surface area contributed by atoms with Gasteiger partial charge in [-0.2, -0.15) is 0 Å². The van der Waals surface area contributed by atoms with Crippen molar-refractivity contribution < 1.29 is 0 Å². The quantitative estimate of drug-likeness (QED) is 0.194. The highest BCUT2D eigenvalue weighted by Crippen LogP contribution is 2.53. The van der Waals surface area contributed by atoms with E-state index in [-0.39, 0.29) is 10.8 Å². The Morgan fingerprint density at radius 2 is 1.15 bits per heavy atom. The van der Waals surface area contributed by atoms with E-state index in [0.29, 0.717) is 9.13 Å². The van der Waals surface area contributed by atoms with Crippen LogP contribution in [0.3, 0.4) is 0 Å². The minimum atomic E-state index is -0.441. The van der Waals surface area contributed by atoms with Gasteiger partial charge in [-0.05, 0) is 75.4 Å². The fourth-order valence-electron chi connectivity index (χ4n) is 6.86. The fraction of sp³-hybridized carbons (Fsp3) is 0.225. The minimum absolute atomic E-state index is 0.00870. The molecule has 0 atom stereocenters. The zero-order chi connectivity index (χ0) is 28.6. The third kappa shape index (κ3) is 4.05. The van der Waals surface area contributed by atoms with Crippen LogP contribution in [-0.2, 0) is 10.8 Å². The van der Waals surface area contributed by atoms with Gasteiger partial charge in [-0.1, -0.05) is 157 Å². The normalized spacial score (nSPS) is 16.2. The van der Waals surface area contributed by atoms with Crippen molar-refractivity contribution in [2.45, 2.75) is 52.4 Å². The molecule has 0 spiro atoms. The number of allylic oxidation sites excluding steroid dienone is 4. The third-order valence-electron chi connectivity index (χ3n) is 9.05. The average Bonchev–Trinajstić information content (AvgIpc) is 3.34. The second-order valence-electron chi connectivity index (χ2n) is 13.8. The summed E-state index contributed by atoms with van der Waals surface area (Å²) in [7, 11) is 0.648. The van der Waals surface area contributed by atoms with Gasteiger partial charge in [-0.15, -0.1) is 0 Å². The van der Waals surface area contributed by atoms with E-state index in [1.165, 1.54) is 64.6 Å². The molecule has 0 saturated heterocycles. The molecule has 1 aliphatic heterocycles. The van der Waals surface area contributed by atoms with Gasteiger partial charge in [0.05, 0.1) is 14.5 Å². The van der Waals surface area contributed by atoms with Gasteiger partial charge in [0.25, 0.3) is 0 Å². The van der Waals surface area contributed by atoms with Gasteiger partial charge in [0.15, 0.2) is 0 Å². The molecule has 0 fully saturated rings. The third-order valence-corrected chi connectivity index (χ3v) is 10.4. The molecule has 1 radical (unpaired) electrons. The van der Waals surface area contributed by atoms with Gasteiger partial charge >= 0.3 is 0 Å². The van der Waals surface area contributed by atoms with E-state index in [0.717, 1.165) is 0 Å². The molecule has 0 nitrogen and oxygen atoms in total. The minimum Gasteiger partial charge on any atom is -0.0616 e. The highest BCUT2D eigenvalue weighted by atomic mass is 28.2. The number of benzene rings is 5. The van der Waals surface area contributed by atoms with Crippen LogP contribution >= 0.6 is 0 Å². The Morgan fingerprint density at radius 3 is 1.71 bits per heavy atom. The summed E-state index contributed by atoms with van der Waals surface area (Å²) in [5.41, 5.74) is 6.66. The van der Waals surface area contributed by atoms with Gasteiger partial charge in [0.1, 0.15) is 0 Å². The van der Waals surface area contributed by atoms with Crippen molar-refractivity contribution in [3.8, 4) is 0 Å². The molecule has 0 saturated carbocycles. The molecule has 41 heavy (non-hydrogen) atoms. The van der Waals surface area contributed by atoms with Crippen LogP contribution in [0.4, 0.5) is 0 Å². The van der Waals surface area contributed by atoms with Crippen LogP contribution < -0.4 is 5.22 Å². The maximum Gasteiger partial charge on any atom is 0.0699 e. The van der Waals surface area contributed by atoms with Gasteiger partial charge in [-0.3, -0.25) is 0 Å². The molecule has 7 rings (SSSR count). The Balaban J connectivity index is 1.76. The van der Waals surface area contributed by atoms with Crippen molar-refractivity contribution in [1.82, 2.24) is 0 Å². The Labute approximate surface area is 246 Å². The molecule has 2 aliphatic rings. The Hall–Kier alpha value is -3.81. The first kappa shape index (κ1) is 26.1. The van der Waals surface area contributed by atoms with Crippen molar-refractivity contribution in [2.75, 3.05) is 0 Å². The second-order valence-corrected chi connectivity index (χ2v) is 15.1. The van der Waals surface area contributed by atoms with Crippen molar-refractivity contribution in [3.63, 3.8) is 0 Å². The highest BCUT2D eigenvalue weighted by molar-refractivity contribution is 6.45. The lowest BCUT2D eigenvalue weighted by Crippen LogP contribution is -2.35. The van der Waals surface area contributed by atoms with E-state index in [1.54, 1.807) is 0 Å². The SMILES string of the molecule is CC(C)(C)C1=CC(c2cccc3ccccc23)(c2cccc3ccccc23)C2=c3cc(C(C)(C)C)ccc3=[Si]C2=C1. The number of rotatable bonds is 2. The van der Waals surface area contributed by atoms with E-state index >= 15 is 0 Å². The molecular formula is C40H37Si. The fourth-order valence-corrected chi connectivity index (χ4v) is 8.33. The molecule has 0 N–H and O–H groups in total. The number of hydrogen-bond donors (Lipinski definition) is 0. The van der Waals surface area contributed by atoms with Crippen LogP contribution in [-0.4, -0.2) is 9.13 Å². The summed E-state index contributed by atoms with van der Waals surface area (Å²) in [6, 6.07) is 39.0. The van der Waals surface area contributed by atoms with Crippen LogP contribution in [0.1, 0.15) is 58.2 Å². The lowest BCUT2D eigenvalue weighted by Gasteiger charge is -2.42. The summed E-state index contributed by atoms with van der Waals surface area (Å²) in [6.45, 7) is 14.1. The number of fused-ring (bicyclic) bond motifs is 4. The first-order valence-electron chi connectivity index (χ1n) is 14.8. The van der Waals surface area contributed by atoms with Crippen LogP contribution in [0.5, 0.6) is 0 Å². The van der Waals surface area contributed by atoms with Gasteiger partial charge in [0.2, 0.25) is 0 Å². The molecule has 1 heteroatoms. The molecule has 0 bridgehead atoms. The van der Waals surface area contributed by atoms with Crippen LogP contribution in [0.2, 0.25) is 0 Å². The van der Waals surface area contributed by atoms with Crippen LogP contribution in [0, 0.1) is 10.2 Å². The summed E-state index contributed by atoms with van der Waals surface area (Å²) in [5, 5.41) is 8.13. The first-order valence-corrected chi connectivity index (χ1v) is 15.8.